The molecule has 1 heterocycles. The molecule has 0 aliphatic rings. The lowest BCUT2D eigenvalue weighted by Gasteiger charge is -2.00. The van der Waals surface area contributed by atoms with Gasteiger partial charge in [0.25, 0.3) is 0 Å². The highest BCUT2D eigenvalue weighted by Crippen LogP contribution is 2.34. The van der Waals surface area contributed by atoms with Crippen molar-refractivity contribution in [3.8, 4) is 5.75 Å². The Morgan fingerprint density at radius 2 is 2.15 bits per heavy atom. The van der Waals surface area contributed by atoms with Crippen molar-refractivity contribution in [2.24, 2.45) is 0 Å². The lowest BCUT2D eigenvalue weighted by atomic mass is 10.1. The first-order valence-corrected chi connectivity index (χ1v) is 4.91. The summed E-state index contributed by atoms with van der Waals surface area (Å²) >= 11 is 1.53. The van der Waals surface area contributed by atoms with Gasteiger partial charge in [-0.15, -0.1) is 11.3 Å². The van der Waals surface area contributed by atoms with Crippen molar-refractivity contribution >= 4 is 21.4 Å². The average molecular weight is 194 g/mol. The molecule has 0 saturated carbocycles. The first-order valence-electron chi connectivity index (χ1n) is 4.03. The molecule has 0 bridgehead atoms. The van der Waals surface area contributed by atoms with Crippen LogP contribution in [0.2, 0.25) is 0 Å². The molecule has 0 amide bonds. The third-order valence-electron chi connectivity index (χ3n) is 2.08. The van der Waals surface area contributed by atoms with Gasteiger partial charge in [-0.2, -0.15) is 0 Å². The number of aromatic hydroxyl groups is 1. The monoisotopic (exact) mass is 194 g/mol. The molecule has 0 atom stereocenters. The number of aryl methyl sites for hydroxylation is 1. The normalized spacial score (nSPS) is 10.9. The van der Waals surface area contributed by atoms with Gasteiger partial charge in [-0.3, -0.25) is 0 Å². The zero-order valence-electron chi connectivity index (χ0n) is 7.24. The van der Waals surface area contributed by atoms with E-state index in [9.17, 15) is 5.11 Å². The number of fused-ring (bicyclic) bond motifs is 1. The fourth-order valence-electron chi connectivity index (χ4n) is 1.46. The largest absolute Gasteiger partial charge is 0.506 e. The maximum atomic E-state index is 9.48. The molecule has 68 valence electrons. The van der Waals surface area contributed by atoms with Crippen molar-refractivity contribution in [2.45, 2.75) is 13.5 Å². The molecule has 0 spiro atoms. The van der Waals surface area contributed by atoms with Crippen molar-refractivity contribution in [1.29, 1.82) is 0 Å². The lowest BCUT2D eigenvalue weighted by Crippen LogP contribution is -1.83. The van der Waals surface area contributed by atoms with Gasteiger partial charge in [0.05, 0.1) is 6.61 Å². The summed E-state index contributed by atoms with van der Waals surface area (Å²) in [5.41, 5.74) is 1.95. The van der Waals surface area contributed by atoms with Crippen molar-refractivity contribution in [3.63, 3.8) is 0 Å². The Morgan fingerprint density at radius 1 is 1.38 bits per heavy atom. The molecular formula is C10H10O2S. The zero-order chi connectivity index (χ0) is 9.42. The summed E-state index contributed by atoms with van der Waals surface area (Å²) in [6.45, 7) is 2.00. The van der Waals surface area contributed by atoms with E-state index < -0.39 is 0 Å². The van der Waals surface area contributed by atoms with E-state index in [4.69, 9.17) is 5.11 Å². The van der Waals surface area contributed by atoms with Gasteiger partial charge in [0.1, 0.15) is 5.75 Å². The highest BCUT2D eigenvalue weighted by Gasteiger charge is 2.06. The number of aliphatic hydroxyl groups is 1. The van der Waals surface area contributed by atoms with Crippen molar-refractivity contribution in [3.05, 3.63) is 28.6 Å². The Morgan fingerprint density at radius 3 is 2.85 bits per heavy atom. The summed E-state index contributed by atoms with van der Waals surface area (Å²) in [4.78, 5) is 0. The number of thiophene rings is 1. The molecule has 2 N–H and O–H groups in total. The molecule has 2 nitrogen and oxygen atoms in total. The van der Waals surface area contributed by atoms with Crippen LogP contribution in [-0.2, 0) is 6.61 Å². The van der Waals surface area contributed by atoms with E-state index in [1.807, 2.05) is 19.1 Å². The molecular weight excluding hydrogens is 184 g/mol. The maximum absolute atomic E-state index is 9.48. The van der Waals surface area contributed by atoms with Crippen LogP contribution in [0.5, 0.6) is 5.75 Å². The summed E-state index contributed by atoms with van der Waals surface area (Å²) in [7, 11) is 0. The summed E-state index contributed by atoms with van der Waals surface area (Å²) < 4.78 is 1.09. The number of hydrogen-bond donors (Lipinski definition) is 2. The standard InChI is InChI=1S/C10H10O2S/c1-6-2-7(4-11)3-8-9(12)5-13-10(6)8/h2-3,5,11-12H,4H2,1H3. The second-order valence-electron chi connectivity index (χ2n) is 3.07. The third-order valence-corrected chi connectivity index (χ3v) is 3.20. The SMILES string of the molecule is Cc1cc(CO)cc2c(O)csc12. The summed E-state index contributed by atoms with van der Waals surface area (Å²) in [5.74, 6) is 0.304. The Bertz CT molecular complexity index is 445. The predicted molar refractivity (Wildman–Crippen MR) is 54.1 cm³/mol. The minimum atomic E-state index is 0.0199. The maximum Gasteiger partial charge on any atom is 0.134 e. The van der Waals surface area contributed by atoms with Crippen LogP contribution in [0.1, 0.15) is 11.1 Å². The molecule has 13 heavy (non-hydrogen) atoms. The lowest BCUT2D eigenvalue weighted by molar-refractivity contribution is 0.282. The first kappa shape index (κ1) is 8.53. The summed E-state index contributed by atoms with van der Waals surface area (Å²) in [5, 5.41) is 21.0. The van der Waals surface area contributed by atoms with Gasteiger partial charge in [0.2, 0.25) is 0 Å². The topological polar surface area (TPSA) is 40.5 Å². The molecule has 0 radical (unpaired) electrons. The molecule has 1 aromatic carbocycles. The van der Waals surface area contributed by atoms with Crippen LogP contribution in [0.3, 0.4) is 0 Å². The van der Waals surface area contributed by atoms with E-state index in [2.05, 4.69) is 0 Å². The second-order valence-corrected chi connectivity index (χ2v) is 3.95. The molecule has 2 aromatic rings. The van der Waals surface area contributed by atoms with Crippen molar-refractivity contribution in [2.75, 3.05) is 0 Å². The summed E-state index contributed by atoms with van der Waals surface area (Å²) in [6, 6.07) is 3.77. The van der Waals surface area contributed by atoms with Gasteiger partial charge in [0, 0.05) is 15.5 Å². The Kier molecular flexibility index (Phi) is 1.98. The number of hydrogen-bond acceptors (Lipinski definition) is 3. The van der Waals surface area contributed by atoms with Gasteiger partial charge in [-0.25, -0.2) is 0 Å². The fourth-order valence-corrected chi connectivity index (χ4v) is 2.36. The zero-order valence-corrected chi connectivity index (χ0v) is 8.06. The van der Waals surface area contributed by atoms with E-state index in [-0.39, 0.29) is 6.61 Å². The van der Waals surface area contributed by atoms with E-state index in [1.165, 1.54) is 11.3 Å². The molecule has 0 aliphatic heterocycles. The molecule has 1 aromatic heterocycles. The van der Waals surface area contributed by atoms with Crippen LogP contribution in [0.4, 0.5) is 0 Å². The quantitative estimate of drug-likeness (QED) is 0.731. The smallest absolute Gasteiger partial charge is 0.134 e. The molecule has 3 heteroatoms. The van der Waals surface area contributed by atoms with Crippen LogP contribution < -0.4 is 0 Å². The molecule has 0 unspecified atom stereocenters. The molecule has 2 rings (SSSR count). The van der Waals surface area contributed by atoms with E-state index in [0.29, 0.717) is 5.75 Å². The number of aliphatic hydroxyl groups excluding tert-OH is 1. The van der Waals surface area contributed by atoms with Crippen molar-refractivity contribution < 1.29 is 10.2 Å². The number of rotatable bonds is 1. The van der Waals surface area contributed by atoms with E-state index >= 15 is 0 Å². The van der Waals surface area contributed by atoms with Gasteiger partial charge in [-0.1, -0.05) is 6.07 Å². The van der Waals surface area contributed by atoms with E-state index in [1.54, 1.807) is 5.38 Å². The van der Waals surface area contributed by atoms with Crippen LogP contribution in [0.25, 0.3) is 10.1 Å². The van der Waals surface area contributed by atoms with Crippen LogP contribution in [0, 0.1) is 6.92 Å². The van der Waals surface area contributed by atoms with Crippen molar-refractivity contribution in [1.82, 2.24) is 0 Å². The number of benzene rings is 1. The Balaban J connectivity index is 2.80. The van der Waals surface area contributed by atoms with Crippen LogP contribution in [-0.4, -0.2) is 10.2 Å². The second kappa shape index (κ2) is 3.01. The highest BCUT2D eigenvalue weighted by molar-refractivity contribution is 7.17. The molecule has 0 fully saturated rings. The van der Waals surface area contributed by atoms with Gasteiger partial charge < -0.3 is 10.2 Å². The fraction of sp³-hybridized carbons (Fsp3) is 0.200. The van der Waals surface area contributed by atoms with Gasteiger partial charge >= 0.3 is 0 Å². The van der Waals surface area contributed by atoms with Crippen LogP contribution >= 0.6 is 11.3 Å². The Hall–Kier alpha value is -1.06. The van der Waals surface area contributed by atoms with E-state index in [0.717, 1.165) is 21.2 Å². The molecule has 0 saturated heterocycles. The van der Waals surface area contributed by atoms with Crippen LogP contribution in [0.15, 0.2) is 17.5 Å². The van der Waals surface area contributed by atoms with Gasteiger partial charge in [0.15, 0.2) is 0 Å². The average Bonchev–Trinajstić information content (AvgIpc) is 2.48. The van der Waals surface area contributed by atoms with Gasteiger partial charge in [-0.05, 0) is 24.1 Å². The third kappa shape index (κ3) is 1.30. The summed E-state index contributed by atoms with van der Waals surface area (Å²) in [6.07, 6.45) is 0. The highest BCUT2D eigenvalue weighted by atomic mass is 32.1. The minimum Gasteiger partial charge on any atom is -0.506 e. The minimum absolute atomic E-state index is 0.0199. The molecule has 0 aliphatic carbocycles. The predicted octanol–water partition coefficient (Wildman–Crippen LogP) is 2.41. The first-order chi connectivity index (χ1) is 6.22. The Labute approximate surface area is 80.1 Å².